The fourth-order valence-electron chi connectivity index (χ4n) is 3.06. The molecule has 24 heavy (non-hydrogen) atoms. The van der Waals surface area contributed by atoms with Gasteiger partial charge in [0, 0.05) is 23.1 Å². The number of aromatic hydroxyl groups is 1. The molecule has 0 radical (unpaired) electrons. The molecule has 8 heteroatoms. The van der Waals surface area contributed by atoms with Gasteiger partial charge in [-0.05, 0) is 31.0 Å². The number of alkyl halides is 3. The normalized spacial score (nSPS) is 18.5. The Labute approximate surface area is 135 Å². The molecule has 2 aliphatic rings. The van der Waals surface area contributed by atoms with E-state index < -0.39 is 17.5 Å². The third-order valence-electron chi connectivity index (χ3n) is 4.63. The highest BCUT2D eigenvalue weighted by Gasteiger charge is 2.48. The van der Waals surface area contributed by atoms with Crippen molar-refractivity contribution in [3.63, 3.8) is 0 Å². The number of fused-ring (bicyclic) bond motifs is 1. The Kier molecular flexibility index (Phi) is 3.05. The zero-order valence-electron chi connectivity index (χ0n) is 12.5. The standard InChI is InChI=1S/C16H14F3N3O2/c17-16(18,19)8-1-2-9(12(23)5-8)13-11-7-24-15(3-4-15)6-10(11)14(20)22-21-13/h1-2,5,23H,3-4,6-7H2,(H2,20,22). The molecule has 1 spiro atoms. The van der Waals surface area contributed by atoms with Crippen molar-refractivity contribution in [2.45, 2.75) is 37.6 Å². The molecule has 3 N–H and O–H groups in total. The molecule has 4 rings (SSSR count). The number of nitrogen functional groups attached to an aromatic ring is 1. The van der Waals surface area contributed by atoms with Gasteiger partial charge in [-0.3, -0.25) is 0 Å². The first-order valence-corrected chi connectivity index (χ1v) is 7.48. The van der Waals surface area contributed by atoms with E-state index in [0.29, 0.717) is 29.6 Å². The first-order valence-electron chi connectivity index (χ1n) is 7.48. The molecule has 1 fully saturated rings. The first-order chi connectivity index (χ1) is 11.3. The van der Waals surface area contributed by atoms with E-state index in [2.05, 4.69) is 10.2 Å². The van der Waals surface area contributed by atoms with Gasteiger partial charge < -0.3 is 15.6 Å². The fraction of sp³-hybridized carbons (Fsp3) is 0.375. The SMILES string of the molecule is Nc1nnc(-c2ccc(C(F)(F)F)cc2O)c2c1CC1(CC1)OC2. The number of phenols is 1. The number of aromatic nitrogens is 2. The molecule has 2 heterocycles. The Morgan fingerprint density at radius 3 is 2.54 bits per heavy atom. The van der Waals surface area contributed by atoms with Crippen LogP contribution in [0, 0.1) is 0 Å². The summed E-state index contributed by atoms with van der Waals surface area (Å²) in [5.74, 6) is -0.201. The lowest BCUT2D eigenvalue weighted by molar-refractivity contribution is -0.137. The monoisotopic (exact) mass is 337 g/mol. The molecule has 5 nitrogen and oxygen atoms in total. The highest BCUT2D eigenvalue weighted by Crippen LogP contribution is 2.49. The van der Waals surface area contributed by atoms with Crippen LogP contribution in [0.1, 0.15) is 29.5 Å². The summed E-state index contributed by atoms with van der Waals surface area (Å²) >= 11 is 0. The number of nitrogens with zero attached hydrogens (tertiary/aromatic N) is 2. The van der Waals surface area contributed by atoms with Gasteiger partial charge in [-0.25, -0.2) is 0 Å². The molecule has 0 unspecified atom stereocenters. The Bertz CT molecular complexity index is 832. The van der Waals surface area contributed by atoms with Crippen LogP contribution in [0.2, 0.25) is 0 Å². The third-order valence-corrected chi connectivity index (χ3v) is 4.63. The second kappa shape index (κ2) is 4.83. The topological polar surface area (TPSA) is 81.3 Å². The predicted molar refractivity (Wildman–Crippen MR) is 79.0 cm³/mol. The van der Waals surface area contributed by atoms with Gasteiger partial charge >= 0.3 is 6.18 Å². The van der Waals surface area contributed by atoms with E-state index >= 15 is 0 Å². The number of benzene rings is 1. The number of nitrogens with two attached hydrogens (primary N) is 1. The third kappa shape index (κ3) is 2.37. The highest BCUT2D eigenvalue weighted by atomic mass is 19.4. The Hall–Kier alpha value is -2.35. The average Bonchev–Trinajstić information content (AvgIpc) is 3.27. The van der Waals surface area contributed by atoms with Gasteiger partial charge in [0.05, 0.1) is 17.8 Å². The molecule has 1 aromatic carbocycles. The van der Waals surface area contributed by atoms with Crippen molar-refractivity contribution in [1.29, 1.82) is 0 Å². The van der Waals surface area contributed by atoms with Crippen molar-refractivity contribution in [2.24, 2.45) is 0 Å². The van der Waals surface area contributed by atoms with Gasteiger partial charge in [0.1, 0.15) is 17.3 Å². The minimum Gasteiger partial charge on any atom is -0.507 e. The molecule has 2 aromatic rings. The van der Waals surface area contributed by atoms with Crippen LogP contribution in [0.5, 0.6) is 5.75 Å². The average molecular weight is 337 g/mol. The van der Waals surface area contributed by atoms with Crippen molar-refractivity contribution in [3.05, 3.63) is 34.9 Å². The maximum absolute atomic E-state index is 12.7. The zero-order valence-corrected chi connectivity index (χ0v) is 12.5. The summed E-state index contributed by atoms with van der Waals surface area (Å²) in [6.07, 6.45) is -2.01. The minimum atomic E-state index is -4.52. The van der Waals surface area contributed by atoms with Gasteiger partial charge in [-0.1, -0.05) is 0 Å². The molecular weight excluding hydrogens is 323 g/mol. The lowest BCUT2D eigenvalue weighted by Gasteiger charge is -2.27. The van der Waals surface area contributed by atoms with E-state index in [4.69, 9.17) is 10.5 Å². The summed E-state index contributed by atoms with van der Waals surface area (Å²) in [5.41, 5.74) is 6.79. The summed E-state index contributed by atoms with van der Waals surface area (Å²) in [5, 5.41) is 18.0. The number of anilines is 1. The summed E-state index contributed by atoms with van der Waals surface area (Å²) < 4.78 is 44.1. The first kappa shape index (κ1) is 15.2. The van der Waals surface area contributed by atoms with Gasteiger partial charge in [-0.2, -0.15) is 13.2 Å². The minimum absolute atomic E-state index is 0.177. The summed E-state index contributed by atoms with van der Waals surface area (Å²) in [7, 11) is 0. The van der Waals surface area contributed by atoms with E-state index in [1.165, 1.54) is 6.07 Å². The van der Waals surface area contributed by atoms with Crippen LogP contribution < -0.4 is 5.73 Å². The van der Waals surface area contributed by atoms with Crippen LogP contribution in [0.25, 0.3) is 11.3 Å². The molecule has 0 amide bonds. The Morgan fingerprint density at radius 1 is 1.17 bits per heavy atom. The van der Waals surface area contributed by atoms with Gasteiger partial charge in [0.2, 0.25) is 0 Å². The smallest absolute Gasteiger partial charge is 0.416 e. The second-order valence-electron chi connectivity index (χ2n) is 6.27. The molecular formula is C16H14F3N3O2. The molecule has 0 bridgehead atoms. The number of rotatable bonds is 1. The number of ether oxygens (including phenoxy) is 1. The van der Waals surface area contributed by atoms with Crippen molar-refractivity contribution in [1.82, 2.24) is 10.2 Å². The highest BCUT2D eigenvalue weighted by molar-refractivity contribution is 5.72. The van der Waals surface area contributed by atoms with Crippen LogP contribution in [0.15, 0.2) is 18.2 Å². The van der Waals surface area contributed by atoms with Crippen LogP contribution in [0.4, 0.5) is 19.0 Å². The van der Waals surface area contributed by atoms with E-state index in [1.807, 2.05) is 0 Å². The maximum Gasteiger partial charge on any atom is 0.416 e. The van der Waals surface area contributed by atoms with E-state index in [1.54, 1.807) is 0 Å². The maximum atomic E-state index is 12.7. The molecule has 1 aliphatic heterocycles. The van der Waals surface area contributed by atoms with Gasteiger partial charge in [0.25, 0.3) is 0 Å². The molecule has 0 saturated heterocycles. The van der Waals surface area contributed by atoms with E-state index in [9.17, 15) is 18.3 Å². The van der Waals surface area contributed by atoms with E-state index in [0.717, 1.165) is 24.5 Å². The second-order valence-corrected chi connectivity index (χ2v) is 6.27. The lowest BCUT2D eigenvalue weighted by atomic mass is 9.94. The Morgan fingerprint density at radius 2 is 1.92 bits per heavy atom. The zero-order chi connectivity index (χ0) is 17.1. The van der Waals surface area contributed by atoms with Crippen LogP contribution in [0.3, 0.4) is 0 Å². The van der Waals surface area contributed by atoms with Crippen molar-refractivity contribution in [2.75, 3.05) is 5.73 Å². The largest absolute Gasteiger partial charge is 0.507 e. The Balaban J connectivity index is 1.81. The van der Waals surface area contributed by atoms with Crippen molar-refractivity contribution < 1.29 is 23.0 Å². The predicted octanol–water partition coefficient (Wildman–Crippen LogP) is 3.06. The molecule has 0 atom stereocenters. The summed E-state index contributed by atoms with van der Waals surface area (Å²) in [6, 6.07) is 2.79. The lowest BCUT2D eigenvalue weighted by Crippen LogP contribution is -2.26. The van der Waals surface area contributed by atoms with Crippen LogP contribution >= 0.6 is 0 Å². The van der Waals surface area contributed by atoms with Gasteiger partial charge in [0.15, 0.2) is 0 Å². The molecule has 126 valence electrons. The van der Waals surface area contributed by atoms with E-state index in [-0.39, 0.29) is 17.8 Å². The number of hydrogen-bond donors (Lipinski definition) is 2. The number of halogens is 3. The summed E-state index contributed by atoms with van der Waals surface area (Å²) in [4.78, 5) is 0. The molecule has 1 aliphatic carbocycles. The number of phenolic OH excluding ortho intramolecular Hbond substituents is 1. The fourth-order valence-corrected chi connectivity index (χ4v) is 3.06. The van der Waals surface area contributed by atoms with Gasteiger partial charge in [-0.15, -0.1) is 10.2 Å². The van der Waals surface area contributed by atoms with Crippen molar-refractivity contribution >= 4 is 5.82 Å². The van der Waals surface area contributed by atoms with Crippen molar-refractivity contribution in [3.8, 4) is 17.0 Å². The molecule has 1 aromatic heterocycles. The molecule has 1 saturated carbocycles. The van der Waals surface area contributed by atoms with Crippen LogP contribution in [-0.2, 0) is 23.9 Å². The number of hydrogen-bond acceptors (Lipinski definition) is 5. The summed E-state index contributed by atoms with van der Waals surface area (Å²) in [6.45, 7) is 0.255. The van der Waals surface area contributed by atoms with Crippen LogP contribution in [-0.4, -0.2) is 20.9 Å². The quantitative estimate of drug-likeness (QED) is 0.836.